The number of rotatable bonds is 4. The first-order valence-corrected chi connectivity index (χ1v) is 8.85. The molecule has 0 radical (unpaired) electrons. The van der Waals surface area contributed by atoms with Gasteiger partial charge in [0.05, 0.1) is 24.4 Å². The van der Waals surface area contributed by atoms with Crippen molar-refractivity contribution in [2.75, 3.05) is 24.2 Å². The van der Waals surface area contributed by atoms with Gasteiger partial charge in [0.25, 0.3) is 5.91 Å². The Morgan fingerprint density at radius 1 is 1.50 bits per heavy atom. The van der Waals surface area contributed by atoms with Crippen LogP contribution in [0.25, 0.3) is 0 Å². The van der Waals surface area contributed by atoms with Crippen LogP contribution in [0.2, 0.25) is 0 Å². The van der Waals surface area contributed by atoms with Gasteiger partial charge in [-0.3, -0.25) is 9.10 Å². The number of nitriles is 1. The third-order valence-electron chi connectivity index (χ3n) is 3.74. The number of fused-ring (bicyclic) bond motifs is 1. The summed E-state index contributed by atoms with van der Waals surface area (Å²) in [6.45, 7) is 2.22. The topological polar surface area (TPSA) is 81.5 Å². The van der Waals surface area contributed by atoms with Crippen LogP contribution in [-0.4, -0.2) is 45.1 Å². The van der Waals surface area contributed by atoms with Gasteiger partial charge in [0.1, 0.15) is 0 Å². The molecule has 1 aromatic carbocycles. The van der Waals surface area contributed by atoms with Gasteiger partial charge in [0, 0.05) is 25.2 Å². The number of amides is 1. The summed E-state index contributed by atoms with van der Waals surface area (Å²) in [4.78, 5) is 13.8. The minimum Gasteiger partial charge on any atom is -0.341 e. The molecule has 1 aromatic rings. The minimum absolute atomic E-state index is 0.147. The Kier molecular flexibility index (Phi) is 4.42. The van der Waals surface area contributed by atoms with Crippen LogP contribution >= 0.6 is 0 Å². The van der Waals surface area contributed by atoms with Crippen molar-refractivity contribution >= 4 is 21.6 Å². The largest absolute Gasteiger partial charge is 0.341 e. The van der Waals surface area contributed by atoms with Gasteiger partial charge in [-0.05, 0) is 37.1 Å². The molecule has 1 atom stereocenters. The average Bonchev–Trinajstić information content (AvgIpc) is 2.78. The van der Waals surface area contributed by atoms with Gasteiger partial charge in [-0.2, -0.15) is 5.26 Å². The Balaban J connectivity index is 2.30. The second-order valence-electron chi connectivity index (χ2n) is 5.59. The highest BCUT2D eigenvalue weighted by atomic mass is 32.2. The van der Waals surface area contributed by atoms with E-state index in [1.165, 1.54) is 15.5 Å². The van der Waals surface area contributed by atoms with E-state index in [1.807, 2.05) is 13.0 Å². The van der Waals surface area contributed by atoms with Gasteiger partial charge in [-0.15, -0.1) is 0 Å². The first-order valence-electron chi connectivity index (χ1n) is 7.00. The van der Waals surface area contributed by atoms with Gasteiger partial charge < -0.3 is 4.90 Å². The number of hydrogen-bond acceptors (Lipinski definition) is 4. The van der Waals surface area contributed by atoms with E-state index in [1.54, 1.807) is 25.2 Å². The maximum atomic E-state index is 12.3. The summed E-state index contributed by atoms with van der Waals surface area (Å²) < 4.78 is 25.1. The predicted octanol–water partition coefficient (Wildman–Crippen LogP) is 1.38. The second kappa shape index (κ2) is 5.97. The molecule has 1 amide bonds. The molecule has 1 aliphatic rings. The highest BCUT2D eigenvalue weighted by molar-refractivity contribution is 7.92. The van der Waals surface area contributed by atoms with Crippen molar-refractivity contribution in [3.05, 3.63) is 29.3 Å². The standard InChI is InChI=1S/C15H19N3O3S/c1-11-9-13-10-12(15(19)17(2)8-4-7-16)5-6-14(13)18(11)22(3,20)21/h5-6,10-11H,4,8-9H2,1-3H3. The molecule has 0 saturated carbocycles. The van der Waals surface area contributed by atoms with Crippen LogP contribution in [0, 0.1) is 11.3 Å². The highest BCUT2D eigenvalue weighted by Gasteiger charge is 2.32. The van der Waals surface area contributed by atoms with E-state index < -0.39 is 10.0 Å². The quantitative estimate of drug-likeness (QED) is 0.839. The molecule has 0 aliphatic carbocycles. The van der Waals surface area contributed by atoms with Gasteiger partial charge in [-0.25, -0.2) is 8.42 Å². The monoisotopic (exact) mass is 321 g/mol. The molecule has 2 rings (SSSR count). The third kappa shape index (κ3) is 3.07. The number of anilines is 1. The van der Waals surface area contributed by atoms with E-state index in [0.717, 1.165) is 5.56 Å². The van der Waals surface area contributed by atoms with Crippen LogP contribution in [0.1, 0.15) is 29.3 Å². The molecular formula is C15H19N3O3S. The van der Waals surface area contributed by atoms with Crippen molar-refractivity contribution in [3.8, 4) is 6.07 Å². The molecule has 1 unspecified atom stereocenters. The van der Waals surface area contributed by atoms with E-state index >= 15 is 0 Å². The summed E-state index contributed by atoms with van der Waals surface area (Å²) in [5.41, 5.74) is 2.02. The van der Waals surface area contributed by atoms with Gasteiger partial charge >= 0.3 is 0 Å². The fourth-order valence-corrected chi connectivity index (χ4v) is 4.04. The maximum absolute atomic E-state index is 12.3. The van der Waals surface area contributed by atoms with Crippen molar-refractivity contribution in [1.29, 1.82) is 5.26 Å². The average molecular weight is 321 g/mol. The molecule has 1 aliphatic heterocycles. The van der Waals surface area contributed by atoms with E-state index in [-0.39, 0.29) is 18.4 Å². The van der Waals surface area contributed by atoms with Crippen molar-refractivity contribution in [1.82, 2.24) is 4.90 Å². The normalized spacial score (nSPS) is 17.0. The van der Waals surface area contributed by atoms with E-state index in [9.17, 15) is 13.2 Å². The Morgan fingerprint density at radius 2 is 2.18 bits per heavy atom. The van der Waals surface area contributed by atoms with Crippen LogP contribution < -0.4 is 4.31 Å². The van der Waals surface area contributed by atoms with Crippen LogP contribution in [0.15, 0.2) is 18.2 Å². The zero-order valence-corrected chi connectivity index (χ0v) is 13.7. The fraction of sp³-hybridized carbons (Fsp3) is 0.467. The fourth-order valence-electron chi connectivity index (χ4n) is 2.78. The molecule has 7 heteroatoms. The number of nitrogens with zero attached hydrogens (tertiary/aromatic N) is 3. The lowest BCUT2D eigenvalue weighted by Crippen LogP contribution is -2.34. The highest BCUT2D eigenvalue weighted by Crippen LogP contribution is 2.34. The second-order valence-corrected chi connectivity index (χ2v) is 7.45. The molecule has 0 aromatic heterocycles. The molecule has 6 nitrogen and oxygen atoms in total. The van der Waals surface area contributed by atoms with Crippen molar-refractivity contribution in [3.63, 3.8) is 0 Å². The van der Waals surface area contributed by atoms with Gasteiger partial charge in [0.15, 0.2) is 0 Å². The summed E-state index contributed by atoms with van der Waals surface area (Å²) >= 11 is 0. The Hall–Kier alpha value is -2.07. The minimum atomic E-state index is -3.32. The molecule has 0 bridgehead atoms. The molecule has 0 N–H and O–H groups in total. The molecular weight excluding hydrogens is 302 g/mol. The number of benzene rings is 1. The lowest BCUT2D eigenvalue weighted by Gasteiger charge is -2.22. The van der Waals surface area contributed by atoms with Crippen molar-refractivity contribution < 1.29 is 13.2 Å². The molecule has 0 fully saturated rings. The Bertz CT molecular complexity index is 737. The summed E-state index contributed by atoms with van der Waals surface area (Å²) in [6.07, 6.45) is 2.06. The van der Waals surface area contributed by atoms with Gasteiger partial charge in [-0.1, -0.05) is 0 Å². The molecule has 1 heterocycles. The number of hydrogen-bond donors (Lipinski definition) is 0. The molecule has 0 spiro atoms. The molecule has 118 valence electrons. The van der Waals surface area contributed by atoms with E-state index in [0.29, 0.717) is 24.2 Å². The number of carbonyl (C=O) groups excluding carboxylic acids is 1. The Morgan fingerprint density at radius 3 is 2.77 bits per heavy atom. The SMILES string of the molecule is CC1Cc2cc(C(=O)N(C)CCC#N)ccc2N1S(C)(=O)=O. The Labute approximate surface area is 131 Å². The third-order valence-corrected chi connectivity index (χ3v) is 5.01. The summed E-state index contributed by atoms with van der Waals surface area (Å²) in [5, 5.41) is 8.58. The lowest BCUT2D eigenvalue weighted by atomic mass is 10.1. The smallest absolute Gasteiger partial charge is 0.253 e. The van der Waals surface area contributed by atoms with Crippen LogP contribution in [0.4, 0.5) is 5.69 Å². The summed E-state index contributed by atoms with van der Waals surface area (Å²) in [6, 6.07) is 6.94. The van der Waals surface area contributed by atoms with E-state index in [4.69, 9.17) is 5.26 Å². The molecule has 22 heavy (non-hydrogen) atoms. The van der Waals surface area contributed by atoms with Crippen LogP contribution in [0.5, 0.6) is 0 Å². The zero-order chi connectivity index (χ0) is 16.5. The number of carbonyl (C=O) groups is 1. The zero-order valence-electron chi connectivity index (χ0n) is 12.9. The predicted molar refractivity (Wildman–Crippen MR) is 84.1 cm³/mol. The number of sulfonamides is 1. The van der Waals surface area contributed by atoms with Crippen molar-refractivity contribution in [2.24, 2.45) is 0 Å². The lowest BCUT2D eigenvalue weighted by molar-refractivity contribution is 0.0798. The van der Waals surface area contributed by atoms with Crippen LogP contribution in [-0.2, 0) is 16.4 Å². The van der Waals surface area contributed by atoms with Crippen LogP contribution in [0.3, 0.4) is 0 Å². The first-order chi connectivity index (χ1) is 10.3. The van der Waals surface area contributed by atoms with E-state index in [2.05, 4.69) is 0 Å². The van der Waals surface area contributed by atoms with Crippen molar-refractivity contribution in [2.45, 2.75) is 25.8 Å². The molecule has 0 saturated heterocycles. The first kappa shape index (κ1) is 16.3. The summed E-state index contributed by atoms with van der Waals surface area (Å²) in [5.74, 6) is -0.163. The summed E-state index contributed by atoms with van der Waals surface area (Å²) in [7, 11) is -1.67. The maximum Gasteiger partial charge on any atom is 0.253 e. The van der Waals surface area contributed by atoms with Gasteiger partial charge in [0.2, 0.25) is 10.0 Å².